The van der Waals surface area contributed by atoms with Crippen LogP contribution in [0.15, 0.2) is 73.3 Å². The highest BCUT2D eigenvalue weighted by Gasteiger charge is 2.19. The van der Waals surface area contributed by atoms with Gasteiger partial charge in [-0.25, -0.2) is 0 Å². The molecule has 1 atom stereocenters. The van der Waals surface area contributed by atoms with Crippen molar-refractivity contribution in [1.29, 1.82) is 0 Å². The maximum Gasteiger partial charge on any atom is 0.116 e. The average Bonchev–Trinajstić information content (AvgIpc) is 3.00. The summed E-state index contributed by atoms with van der Waals surface area (Å²) in [6.45, 7) is 6.55. The molecule has 0 fully saturated rings. The third kappa shape index (κ3) is 2.84. The fourth-order valence-electron chi connectivity index (χ4n) is 2.55. The smallest absolute Gasteiger partial charge is 0.116 e. The molecule has 2 aromatic carbocycles. The summed E-state index contributed by atoms with van der Waals surface area (Å²) in [6.07, 6.45) is 1.81. The van der Waals surface area contributed by atoms with Crippen LogP contribution in [0.1, 0.15) is 24.1 Å². The Balaban J connectivity index is 2.07. The van der Waals surface area contributed by atoms with Crippen LogP contribution in [-0.4, -0.2) is 15.0 Å². The molecule has 3 aromatic rings. The van der Waals surface area contributed by atoms with Gasteiger partial charge in [-0.1, -0.05) is 73.7 Å². The van der Waals surface area contributed by atoms with Gasteiger partial charge in [0.25, 0.3) is 0 Å². The van der Waals surface area contributed by atoms with Gasteiger partial charge in [-0.3, -0.25) is 0 Å². The summed E-state index contributed by atoms with van der Waals surface area (Å²) >= 11 is 0. The standard InChI is InChI=1S/C19H19N3/c1-3-14-22-20-18(15(2)16-10-6-4-7-11-16)19(21-22)17-12-8-5-9-13-17/h3-13,15H,1,14H2,2H3. The van der Waals surface area contributed by atoms with Gasteiger partial charge in [-0.2, -0.15) is 15.0 Å². The van der Waals surface area contributed by atoms with E-state index in [1.807, 2.05) is 30.3 Å². The molecule has 0 bridgehead atoms. The Labute approximate surface area is 130 Å². The van der Waals surface area contributed by atoms with Crippen molar-refractivity contribution in [3.8, 4) is 11.3 Å². The summed E-state index contributed by atoms with van der Waals surface area (Å²) in [5, 5.41) is 9.34. The maximum atomic E-state index is 4.69. The van der Waals surface area contributed by atoms with Gasteiger partial charge >= 0.3 is 0 Å². The lowest BCUT2D eigenvalue weighted by atomic mass is 9.94. The Morgan fingerprint density at radius 2 is 1.64 bits per heavy atom. The summed E-state index contributed by atoms with van der Waals surface area (Å²) in [6, 6.07) is 20.6. The van der Waals surface area contributed by atoms with Crippen molar-refractivity contribution in [2.24, 2.45) is 0 Å². The predicted octanol–water partition coefficient (Wildman–Crippen LogP) is 4.28. The van der Waals surface area contributed by atoms with Crippen molar-refractivity contribution >= 4 is 0 Å². The number of nitrogens with zero attached hydrogens (tertiary/aromatic N) is 3. The minimum Gasteiger partial charge on any atom is -0.180 e. The first-order valence-corrected chi connectivity index (χ1v) is 7.46. The van der Waals surface area contributed by atoms with Crippen molar-refractivity contribution < 1.29 is 0 Å². The molecular weight excluding hydrogens is 270 g/mol. The minimum atomic E-state index is 0.190. The molecule has 0 spiro atoms. The van der Waals surface area contributed by atoms with Crippen LogP contribution in [-0.2, 0) is 6.54 Å². The van der Waals surface area contributed by atoms with Gasteiger partial charge in [0.15, 0.2) is 0 Å². The molecule has 0 N–H and O–H groups in total. The predicted molar refractivity (Wildman–Crippen MR) is 89.6 cm³/mol. The average molecular weight is 289 g/mol. The van der Waals surface area contributed by atoms with E-state index in [4.69, 9.17) is 0 Å². The Morgan fingerprint density at radius 1 is 1.00 bits per heavy atom. The van der Waals surface area contributed by atoms with Gasteiger partial charge < -0.3 is 0 Å². The van der Waals surface area contributed by atoms with E-state index in [1.165, 1.54) is 5.56 Å². The van der Waals surface area contributed by atoms with E-state index in [1.54, 1.807) is 4.80 Å². The lowest BCUT2D eigenvalue weighted by molar-refractivity contribution is 0.593. The van der Waals surface area contributed by atoms with Crippen LogP contribution >= 0.6 is 0 Å². The fourth-order valence-corrected chi connectivity index (χ4v) is 2.55. The van der Waals surface area contributed by atoms with Gasteiger partial charge in [-0.05, 0) is 5.56 Å². The van der Waals surface area contributed by atoms with Crippen LogP contribution in [0.5, 0.6) is 0 Å². The molecule has 3 rings (SSSR count). The molecule has 1 heterocycles. The molecule has 0 amide bonds. The number of hydrogen-bond donors (Lipinski definition) is 0. The first-order chi connectivity index (χ1) is 10.8. The quantitative estimate of drug-likeness (QED) is 0.656. The van der Waals surface area contributed by atoms with Crippen LogP contribution in [0, 0.1) is 0 Å². The highest BCUT2D eigenvalue weighted by Crippen LogP contribution is 2.30. The zero-order chi connectivity index (χ0) is 15.4. The third-order valence-electron chi connectivity index (χ3n) is 3.73. The summed E-state index contributed by atoms with van der Waals surface area (Å²) in [5.74, 6) is 0.190. The van der Waals surface area contributed by atoms with Crippen molar-refractivity contribution in [3.05, 3.63) is 84.6 Å². The second-order valence-corrected chi connectivity index (χ2v) is 5.28. The molecule has 0 aliphatic rings. The third-order valence-corrected chi connectivity index (χ3v) is 3.73. The van der Waals surface area contributed by atoms with Crippen molar-refractivity contribution in [3.63, 3.8) is 0 Å². The molecule has 0 saturated heterocycles. The van der Waals surface area contributed by atoms with E-state index < -0.39 is 0 Å². The molecule has 0 radical (unpaired) electrons. The Morgan fingerprint density at radius 3 is 2.27 bits per heavy atom. The molecule has 1 aromatic heterocycles. The number of hydrogen-bond acceptors (Lipinski definition) is 2. The van der Waals surface area contributed by atoms with Gasteiger partial charge in [0.2, 0.25) is 0 Å². The minimum absolute atomic E-state index is 0.190. The van der Waals surface area contributed by atoms with Gasteiger partial charge in [0.05, 0.1) is 12.2 Å². The number of rotatable bonds is 5. The van der Waals surface area contributed by atoms with E-state index in [0.29, 0.717) is 6.54 Å². The monoisotopic (exact) mass is 289 g/mol. The first-order valence-electron chi connectivity index (χ1n) is 7.46. The molecule has 0 aliphatic heterocycles. The molecule has 110 valence electrons. The second kappa shape index (κ2) is 6.39. The summed E-state index contributed by atoms with van der Waals surface area (Å²) in [5.41, 5.74) is 4.28. The van der Waals surface area contributed by atoms with Gasteiger partial charge in [-0.15, -0.1) is 6.58 Å². The number of allylic oxidation sites excluding steroid dienone is 1. The van der Waals surface area contributed by atoms with Crippen LogP contribution in [0.3, 0.4) is 0 Å². The van der Waals surface area contributed by atoms with Crippen LogP contribution in [0.2, 0.25) is 0 Å². The van der Waals surface area contributed by atoms with Gasteiger partial charge in [0, 0.05) is 11.5 Å². The SMILES string of the molecule is C=CCn1nc(-c2ccccc2)c(C(C)c2ccccc2)n1. The highest BCUT2D eigenvalue weighted by molar-refractivity contribution is 5.62. The molecule has 1 unspecified atom stereocenters. The Bertz CT molecular complexity index is 745. The molecule has 0 saturated carbocycles. The van der Waals surface area contributed by atoms with E-state index >= 15 is 0 Å². The van der Waals surface area contributed by atoms with Crippen LogP contribution in [0.25, 0.3) is 11.3 Å². The van der Waals surface area contributed by atoms with Gasteiger partial charge in [0.1, 0.15) is 5.69 Å². The largest absolute Gasteiger partial charge is 0.180 e. The van der Waals surface area contributed by atoms with E-state index in [0.717, 1.165) is 17.0 Å². The van der Waals surface area contributed by atoms with Crippen molar-refractivity contribution in [2.45, 2.75) is 19.4 Å². The highest BCUT2D eigenvalue weighted by atomic mass is 15.5. The van der Waals surface area contributed by atoms with Crippen molar-refractivity contribution in [1.82, 2.24) is 15.0 Å². The molecular formula is C19H19N3. The molecule has 22 heavy (non-hydrogen) atoms. The summed E-state index contributed by atoms with van der Waals surface area (Å²) in [4.78, 5) is 1.71. The zero-order valence-corrected chi connectivity index (χ0v) is 12.7. The number of benzene rings is 2. The molecule has 3 heteroatoms. The van der Waals surface area contributed by atoms with Crippen molar-refractivity contribution in [2.75, 3.05) is 0 Å². The first kappa shape index (κ1) is 14.3. The van der Waals surface area contributed by atoms with E-state index in [-0.39, 0.29) is 5.92 Å². The lowest BCUT2D eigenvalue weighted by Gasteiger charge is -2.10. The molecule has 0 aliphatic carbocycles. The number of aromatic nitrogens is 3. The van der Waals surface area contributed by atoms with E-state index in [9.17, 15) is 0 Å². The Hall–Kier alpha value is -2.68. The fraction of sp³-hybridized carbons (Fsp3) is 0.158. The lowest BCUT2D eigenvalue weighted by Crippen LogP contribution is -2.02. The van der Waals surface area contributed by atoms with Crippen LogP contribution < -0.4 is 0 Å². The summed E-state index contributed by atoms with van der Waals surface area (Å²) < 4.78 is 0. The second-order valence-electron chi connectivity index (χ2n) is 5.28. The van der Waals surface area contributed by atoms with Crippen LogP contribution in [0.4, 0.5) is 0 Å². The zero-order valence-electron chi connectivity index (χ0n) is 12.7. The normalized spacial score (nSPS) is 12.0. The summed E-state index contributed by atoms with van der Waals surface area (Å²) in [7, 11) is 0. The molecule has 3 nitrogen and oxygen atoms in total. The maximum absolute atomic E-state index is 4.69. The Kier molecular flexibility index (Phi) is 4.15. The van der Waals surface area contributed by atoms with E-state index in [2.05, 4.69) is 60.1 Å². The topological polar surface area (TPSA) is 30.7 Å².